The number of carbonyl (C=O) groups is 2. The van der Waals surface area contributed by atoms with Crippen molar-refractivity contribution in [3.05, 3.63) is 0 Å². The lowest BCUT2D eigenvalue weighted by molar-refractivity contribution is -0.124. The maximum absolute atomic E-state index is 12.7. The van der Waals surface area contributed by atoms with Gasteiger partial charge in [0.25, 0.3) is 0 Å². The summed E-state index contributed by atoms with van der Waals surface area (Å²) in [5, 5.41) is 9.61. The molecule has 0 aromatic carbocycles. The van der Waals surface area contributed by atoms with E-state index < -0.39 is 0 Å². The van der Waals surface area contributed by atoms with Crippen LogP contribution in [0.4, 0.5) is 0 Å². The smallest absolute Gasteiger partial charge is 0.221 e. The highest BCUT2D eigenvalue weighted by atomic mass is 16.2. The fraction of sp³-hybridized carbons (Fsp3) is 0.952. The third-order valence-electron chi connectivity index (χ3n) is 9.64. The molecule has 0 aromatic heterocycles. The fourth-order valence-electron chi connectivity index (χ4n) is 6.53. The van der Waals surface area contributed by atoms with Gasteiger partial charge in [-0.3, -0.25) is 9.59 Å². The molecular formula is C42H85N3O2. The molecule has 5 heteroatoms. The van der Waals surface area contributed by atoms with E-state index in [4.69, 9.17) is 0 Å². The van der Waals surface area contributed by atoms with Crippen LogP contribution < -0.4 is 16.0 Å². The van der Waals surface area contributed by atoms with Gasteiger partial charge in [-0.25, -0.2) is 0 Å². The molecule has 280 valence electrons. The van der Waals surface area contributed by atoms with Crippen LogP contribution in [0.2, 0.25) is 0 Å². The highest BCUT2D eigenvalue weighted by molar-refractivity contribution is 5.79. The van der Waals surface area contributed by atoms with E-state index in [-0.39, 0.29) is 18.0 Å². The lowest BCUT2D eigenvalue weighted by Gasteiger charge is -2.20. The van der Waals surface area contributed by atoms with Crippen molar-refractivity contribution in [3.63, 3.8) is 0 Å². The van der Waals surface area contributed by atoms with Gasteiger partial charge in [0, 0.05) is 12.8 Å². The van der Waals surface area contributed by atoms with Crippen molar-refractivity contribution < 1.29 is 9.59 Å². The molecule has 0 bridgehead atoms. The molecule has 0 aromatic rings. The zero-order valence-electron chi connectivity index (χ0n) is 32.7. The quantitative estimate of drug-likeness (QED) is 0.0457. The van der Waals surface area contributed by atoms with Gasteiger partial charge in [0.05, 0.1) is 0 Å². The standard InChI is InChI=1S/C42H85N3O2/c1-6-43-37-31-34-40(44-41(46)35-29-25-21-17-13-9-7-11-15-19-23-27-32-38(2)3)45-42(47)36-30-26-22-18-14-10-8-12-16-20-24-28-33-39(4)5/h38-40,43H,6-37H2,1-5H3,(H,44,46)(H,45,47). The average Bonchev–Trinajstić information content (AvgIpc) is 3.03. The lowest BCUT2D eigenvalue weighted by Crippen LogP contribution is -2.48. The van der Waals surface area contributed by atoms with Crippen LogP contribution in [-0.4, -0.2) is 31.1 Å². The Morgan fingerprint density at radius 2 is 0.702 bits per heavy atom. The predicted octanol–water partition coefficient (Wildman–Crippen LogP) is 12.2. The summed E-state index contributed by atoms with van der Waals surface area (Å²) in [6.45, 7) is 13.3. The van der Waals surface area contributed by atoms with Crippen molar-refractivity contribution in [2.24, 2.45) is 11.8 Å². The number of rotatable bonds is 37. The van der Waals surface area contributed by atoms with Gasteiger partial charge in [0.15, 0.2) is 0 Å². The highest BCUT2D eigenvalue weighted by Crippen LogP contribution is 2.16. The fourth-order valence-corrected chi connectivity index (χ4v) is 6.53. The molecule has 0 aliphatic rings. The van der Waals surface area contributed by atoms with Crippen molar-refractivity contribution in [2.75, 3.05) is 13.1 Å². The molecule has 0 rings (SSSR count). The van der Waals surface area contributed by atoms with E-state index in [1.165, 1.54) is 141 Å². The Kier molecular flexibility index (Phi) is 35.3. The normalized spacial score (nSPS) is 11.7. The number of nitrogens with one attached hydrogen (secondary N) is 3. The zero-order valence-corrected chi connectivity index (χ0v) is 32.7. The second-order valence-corrected chi connectivity index (χ2v) is 15.5. The summed E-state index contributed by atoms with van der Waals surface area (Å²) in [6.07, 6.45) is 36.7. The summed E-state index contributed by atoms with van der Waals surface area (Å²) in [5.74, 6) is 1.87. The van der Waals surface area contributed by atoms with Gasteiger partial charge in [0.2, 0.25) is 11.8 Å². The van der Waals surface area contributed by atoms with Gasteiger partial charge in [-0.1, -0.05) is 189 Å². The molecule has 0 saturated carbocycles. The molecule has 0 aliphatic heterocycles. The SMILES string of the molecule is CCNCCCC(NC(=O)CCCCCCCCCCCCCCC(C)C)NC(=O)CCCCCCCCCCCCCCC(C)C. The Hall–Kier alpha value is -1.10. The molecule has 3 N–H and O–H groups in total. The van der Waals surface area contributed by atoms with Crippen molar-refractivity contribution in [2.45, 2.75) is 233 Å². The van der Waals surface area contributed by atoms with E-state index in [1.807, 2.05) is 0 Å². The molecule has 0 atom stereocenters. The molecular weight excluding hydrogens is 578 g/mol. The molecule has 0 saturated heterocycles. The van der Waals surface area contributed by atoms with E-state index in [0.717, 1.165) is 63.5 Å². The molecule has 0 spiro atoms. The van der Waals surface area contributed by atoms with Gasteiger partial charge in [-0.05, 0) is 50.6 Å². The van der Waals surface area contributed by atoms with Crippen LogP contribution in [0.25, 0.3) is 0 Å². The number of hydrogen-bond acceptors (Lipinski definition) is 3. The Morgan fingerprint density at radius 3 is 1.00 bits per heavy atom. The summed E-state index contributed by atoms with van der Waals surface area (Å²) >= 11 is 0. The summed E-state index contributed by atoms with van der Waals surface area (Å²) < 4.78 is 0. The van der Waals surface area contributed by atoms with Crippen LogP contribution in [-0.2, 0) is 9.59 Å². The molecule has 0 fully saturated rings. The monoisotopic (exact) mass is 664 g/mol. The Morgan fingerprint density at radius 1 is 0.404 bits per heavy atom. The molecule has 47 heavy (non-hydrogen) atoms. The lowest BCUT2D eigenvalue weighted by atomic mass is 10.0. The third kappa shape index (κ3) is 37.6. The minimum Gasteiger partial charge on any atom is -0.336 e. The van der Waals surface area contributed by atoms with E-state index in [1.54, 1.807) is 0 Å². The zero-order chi connectivity index (χ0) is 34.6. The van der Waals surface area contributed by atoms with Crippen LogP contribution >= 0.6 is 0 Å². The second kappa shape index (κ2) is 36.2. The molecule has 0 unspecified atom stereocenters. The van der Waals surface area contributed by atoms with Crippen molar-refractivity contribution >= 4 is 11.8 Å². The first-order chi connectivity index (χ1) is 22.8. The molecule has 0 radical (unpaired) electrons. The van der Waals surface area contributed by atoms with E-state index in [0.29, 0.717) is 12.8 Å². The number of amides is 2. The maximum Gasteiger partial charge on any atom is 0.221 e. The Labute approximate surface area is 295 Å². The molecule has 5 nitrogen and oxygen atoms in total. The Bertz CT molecular complexity index is 616. The minimum absolute atomic E-state index is 0.0817. The first kappa shape index (κ1) is 45.9. The van der Waals surface area contributed by atoms with E-state index >= 15 is 0 Å². The molecule has 0 aliphatic carbocycles. The number of unbranched alkanes of at least 4 members (excludes halogenated alkanes) is 22. The van der Waals surface area contributed by atoms with Crippen molar-refractivity contribution in [3.8, 4) is 0 Å². The first-order valence-electron chi connectivity index (χ1n) is 21.1. The summed E-state index contributed by atoms with van der Waals surface area (Å²) in [6, 6.07) is 0. The molecule has 0 heterocycles. The van der Waals surface area contributed by atoms with Crippen LogP contribution in [0.15, 0.2) is 0 Å². The summed E-state index contributed by atoms with van der Waals surface area (Å²) in [5.41, 5.74) is 0. The van der Waals surface area contributed by atoms with Crippen LogP contribution in [0, 0.1) is 11.8 Å². The number of hydrogen-bond donors (Lipinski definition) is 3. The summed E-state index contributed by atoms with van der Waals surface area (Å²) in [4.78, 5) is 25.4. The second-order valence-electron chi connectivity index (χ2n) is 15.5. The topological polar surface area (TPSA) is 70.2 Å². The number of carbonyl (C=O) groups excluding carboxylic acids is 2. The first-order valence-corrected chi connectivity index (χ1v) is 21.1. The highest BCUT2D eigenvalue weighted by Gasteiger charge is 2.14. The van der Waals surface area contributed by atoms with E-state index in [2.05, 4.69) is 50.6 Å². The van der Waals surface area contributed by atoms with Gasteiger partial charge in [0.1, 0.15) is 6.17 Å². The predicted molar refractivity (Wildman–Crippen MR) is 207 cm³/mol. The van der Waals surface area contributed by atoms with Gasteiger partial charge < -0.3 is 16.0 Å². The van der Waals surface area contributed by atoms with E-state index in [9.17, 15) is 9.59 Å². The average molecular weight is 664 g/mol. The van der Waals surface area contributed by atoms with Crippen LogP contribution in [0.1, 0.15) is 227 Å². The largest absolute Gasteiger partial charge is 0.336 e. The van der Waals surface area contributed by atoms with Gasteiger partial charge in [-0.15, -0.1) is 0 Å². The Balaban J connectivity index is 3.87. The summed E-state index contributed by atoms with van der Waals surface area (Å²) in [7, 11) is 0. The molecule has 2 amide bonds. The van der Waals surface area contributed by atoms with Crippen molar-refractivity contribution in [1.29, 1.82) is 0 Å². The third-order valence-corrected chi connectivity index (χ3v) is 9.64. The van der Waals surface area contributed by atoms with Crippen LogP contribution in [0.5, 0.6) is 0 Å². The van der Waals surface area contributed by atoms with Gasteiger partial charge >= 0.3 is 0 Å². The van der Waals surface area contributed by atoms with Crippen LogP contribution in [0.3, 0.4) is 0 Å². The minimum atomic E-state index is -0.251. The maximum atomic E-state index is 12.7. The van der Waals surface area contributed by atoms with Gasteiger partial charge in [-0.2, -0.15) is 0 Å². The van der Waals surface area contributed by atoms with Crippen molar-refractivity contribution in [1.82, 2.24) is 16.0 Å².